The molecule has 10 atom stereocenters. The molecule has 2 aliphatic rings. The lowest BCUT2D eigenvalue weighted by Crippen LogP contribution is -2.65. The van der Waals surface area contributed by atoms with Gasteiger partial charge in [-0.2, -0.15) is 0 Å². The molecule has 39 heavy (non-hydrogen) atoms. The molecule has 0 aliphatic carbocycles. The quantitative estimate of drug-likeness (QED) is 0.103. The summed E-state index contributed by atoms with van der Waals surface area (Å²) in [4.78, 5) is 49.8. The van der Waals surface area contributed by atoms with E-state index in [-0.39, 0.29) is 0 Å². The van der Waals surface area contributed by atoms with Gasteiger partial charge in [0.05, 0.1) is 20.3 Å². The van der Waals surface area contributed by atoms with Crippen molar-refractivity contribution in [1.29, 1.82) is 0 Å². The highest BCUT2D eigenvalue weighted by atomic mass is 16.6. The standard InChI is InChI=1S/C21H35N3O15/c1-37-13(30)4-22-11(28)5-24(21-19(36)17(34)15(32)9(7-26)39-21)12(29)3-2-10(27)23-20-18(35)16(33)14(31)8(6-25)38-20/h8-9,14-21,25-26,31-36H,2-7H2,1H3,(H,22,28)(H,23,27)/t8-,9-,14+,15+,16+,17+,18-,19-,20-,21-/m1/s1. The van der Waals surface area contributed by atoms with Crippen molar-refractivity contribution in [3.8, 4) is 0 Å². The van der Waals surface area contributed by atoms with Crippen LogP contribution in [0.15, 0.2) is 0 Å². The first-order valence-corrected chi connectivity index (χ1v) is 11.9. The molecule has 0 aromatic heterocycles. The average molecular weight is 570 g/mol. The van der Waals surface area contributed by atoms with Gasteiger partial charge in [-0.15, -0.1) is 0 Å². The number of rotatable bonds is 11. The van der Waals surface area contributed by atoms with Gasteiger partial charge in [0.1, 0.15) is 61.9 Å². The first kappa shape index (κ1) is 32.7. The van der Waals surface area contributed by atoms with E-state index in [1.54, 1.807) is 0 Å². The number of nitrogens with one attached hydrogen (secondary N) is 2. The van der Waals surface area contributed by atoms with Crippen LogP contribution in [0.4, 0.5) is 0 Å². The van der Waals surface area contributed by atoms with Crippen LogP contribution in [-0.2, 0) is 33.4 Å². The Morgan fingerprint density at radius 1 is 0.769 bits per heavy atom. The third-order valence-corrected chi connectivity index (χ3v) is 6.23. The Kier molecular flexibility index (Phi) is 12.4. The van der Waals surface area contributed by atoms with Gasteiger partial charge in [-0.05, 0) is 0 Å². The number of nitrogens with zero attached hydrogens (tertiary/aromatic N) is 1. The molecule has 18 heteroatoms. The molecule has 3 amide bonds. The van der Waals surface area contributed by atoms with Gasteiger partial charge in [0.15, 0.2) is 12.5 Å². The number of aliphatic hydroxyl groups excluding tert-OH is 8. The van der Waals surface area contributed by atoms with E-state index < -0.39 is 124 Å². The molecule has 0 aromatic rings. The maximum atomic E-state index is 13.0. The molecule has 0 bridgehead atoms. The van der Waals surface area contributed by atoms with Crippen LogP contribution in [0.3, 0.4) is 0 Å². The van der Waals surface area contributed by atoms with Gasteiger partial charge in [-0.3, -0.25) is 19.2 Å². The number of hydrogen-bond donors (Lipinski definition) is 10. The predicted molar refractivity (Wildman–Crippen MR) is 122 cm³/mol. The summed E-state index contributed by atoms with van der Waals surface area (Å²) in [6, 6.07) is 0. The van der Waals surface area contributed by atoms with Gasteiger partial charge < -0.3 is 70.6 Å². The first-order chi connectivity index (χ1) is 18.4. The van der Waals surface area contributed by atoms with Crippen molar-refractivity contribution in [2.24, 2.45) is 0 Å². The highest BCUT2D eigenvalue weighted by Crippen LogP contribution is 2.25. The van der Waals surface area contributed by atoms with E-state index in [2.05, 4.69) is 15.4 Å². The zero-order valence-corrected chi connectivity index (χ0v) is 20.9. The Balaban J connectivity index is 2.11. The van der Waals surface area contributed by atoms with Crippen LogP contribution >= 0.6 is 0 Å². The van der Waals surface area contributed by atoms with E-state index in [1.807, 2.05) is 0 Å². The van der Waals surface area contributed by atoms with Gasteiger partial charge in [-0.1, -0.05) is 0 Å². The molecule has 0 spiro atoms. The minimum atomic E-state index is -1.94. The fraction of sp³-hybridized carbons (Fsp3) is 0.810. The van der Waals surface area contributed by atoms with E-state index in [1.165, 1.54) is 0 Å². The molecule has 0 saturated carbocycles. The normalized spacial score (nSPS) is 34.6. The smallest absolute Gasteiger partial charge is 0.325 e. The summed E-state index contributed by atoms with van der Waals surface area (Å²) in [5.74, 6) is -3.59. The zero-order valence-electron chi connectivity index (χ0n) is 20.9. The van der Waals surface area contributed by atoms with Crippen LogP contribution in [-0.4, -0.2) is 164 Å². The molecule has 2 heterocycles. The number of methoxy groups -OCH3 is 1. The number of amides is 3. The Labute approximate surface area is 221 Å². The number of ether oxygens (including phenoxy) is 3. The summed E-state index contributed by atoms with van der Waals surface area (Å²) in [5, 5.41) is 83.3. The van der Waals surface area contributed by atoms with Gasteiger partial charge in [0.2, 0.25) is 17.7 Å². The summed E-state index contributed by atoms with van der Waals surface area (Å²) in [6.45, 7) is -2.96. The highest BCUT2D eigenvalue weighted by molar-refractivity contribution is 5.89. The summed E-state index contributed by atoms with van der Waals surface area (Å²) in [5.41, 5.74) is 0. The third kappa shape index (κ3) is 8.24. The highest BCUT2D eigenvalue weighted by Gasteiger charge is 2.47. The minimum absolute atomic E-state index is 0.562. The topological polar surface area (TPSA) is 285 Å². The molecule has 2 rings (SSSR count). The molecule has 2 fully saturated rings. The molecule has 224 valence electrons. The third-order valence-electron chi connectivity index (χ3n) is 6.23. The second-order valence-electron chi connectivity index (χ2n) is 8.91. The van der Waals surface area contributed by atoms with Crippen LogP contribution < -0.4 is 10.6 Å². The van der Waals surface area contributed by atoms with Crippen molar-refractivity contribution >= 4 is 23.7 Å². The van der Waals surface area contributed by atoms with Crippen molar-refractivity contribution in [1.82, 2.24) is 15.5 Å². The second-order valence-corrected chi connectivity index (χ2v) is 8.91. The molecule has 0 unspecified atom stereocenters. The summed E-state index contributed by atoms with van der Waals surface area (Å²) in [7, 11) is 1.08. The van der Waals surface area contributed by atoms with E-state index in [9.17, 15) is 60.0 Å². The first-order valence-electron chi connectivity index (χ1n) is 11.9. The number of aliphatic hydroxyl groups is 8. The Bertz CT molecular complexity index is 858. The number of hydrogen-bond acceptors (Lipinski definition) is 15. The average Bonchev–Trinajstić information content (AvgIpc) is 2.92. The molecule has 0 aromatic carbocycles. The summed E-state index contributed by atoms with van der Waals surface area (Å²) >= 11 is 0. The van der Waals surface area contributed by atoms with Crippen molar-refractivity contribution in [2.75, 3.05) is 33.4 Å². The van der Waals surface area contributed by atoms with Crippen LogP contribution in [0.25, 0.3) is 0 Å². The molecule has 10 N–H and O–H groups in total. The Morgan fingerprint density at radius 2 is 1.33 bits per heavy atom. The summed E-state index contributed by atoms with van der Waals surface area (Å²) < 4.78 is 14.9. The van der Waals surface area contributed by atoms with Crippen molar-refractivity contribution in [3.05, 3.63) is 0 Å². The van der Waals surface area contributed by atoms with Crippen LogP contribution in [0.1, 0.15) is 12.8 Å². The predicted octanol–water partition coefficient (Wildman–Crippen LogP) is -7.40. The molecular formula is C21H35N3O15. The van der Waals surface area contributed by atoms with E-state index in [4.69, 9.17) is 9.47 Å². The minimum Gasteiger partial charge on any atom is -0.468 e. The lowest BCUT2D eigenvalue weighted by Gasteiger charge is -2.44. The second kappa shape index (κ2) is 14.7. The Hall–Kier alpha value is -2.52. The molecular weight excluding hydrogens is 534 g/mol. The molecule has 18 nitrogen and oxygen atoms in total. The van der Waals surface area contributed by atoms with E-state index in [0.717, 1.165) is 7.11 Å². The van der Waals surface area contributed by atoms with Gasteiger partial charge in [0, 0.05) is 12.8 Å². The number of carbonyl (C=O) groups is 4. The maximum Gasteiger partial charge on any atom is 0.325 e. The van der Waals surface area contributed by atoms with Gasteiger partial charge in [-0.25, -0.2) is 0 Å². The molecule has 2 aliphatic heterocycles. The largest absolute Gasteiger partial charge is 0.468 e. The Morgan fingerprint density at radius 3 is 1.90 bits per heavy atom. The number of esters is 1. The van der Waals surface area contributed by atoms with Crippen LogP contribution in [0, 0.1) is 0 Å². The van der Waals surface area contributed by atoms with E-state index >= 15 is 0 Å². The molecule has 2 saturated heterocycles. The van der Waals surface area contributed by atoms with Gasteiger partial charge in [0.25, 0.3) is 0 Å². The SMILES string of the molecule is COC(=O)CNC(=O)CN(C(=O)CCC(=O)N[C@@H]1O[C@H](CO)[C@H](O)[C@H](O)[C@H]1O)[C@@H]1O[C@H](CO)[C@H](O)[C@H](O)[C@H]1O. The summed E-state index contributed by atoms with van der Waals surface area (Å²) in [6.07, 6.45) is -18.0. The van der Waals surface area contributed by atoms with Crippen molar-refractivity contribution < 1.29 is 74.2 Å². The lowest BCUT2D eigenvalue weighted by atomic mass is 9.97. The van der Waals surface area contributed by atoms with Crippen LogP contribution in [0.2, 0.25) is 0 Å². The number of carbonyl (C=O) groups excluding carboxylic acids is 4. The molecule has 0 radical (unpaired) electrons. The maximum absolute atomic E-state index is 13.0. The fourth-order valence-electron chi connectivity index (χ4n) is 3.93. The van der Waals surface area contributed by atoms with E-state index in [0.29, 0.717) is 4.90 Å². The van der Waals surface area contributed by atoms with Crippen molar-refractivity contribution in [2.45, 2.75) is 74.1 Å². The monoisotopic (exact) mass is 569 g/mol. The van der Waals surface area contributed by atoms with Crippen LogP contribution in [0.5, 0.6) is 0 Å². The fourth-order valence-corrected chi connectivity index (χ4v) is 3.93. The van der Waals surface area contributed by atoms with Gasteiger partial charge >= 0.3 is 5.97 Å². The zero-order chi connectivity index (χ0) is 29.4. The van der Waals surface area contributed by atoms with Crippen molar-refractivity contribution in [3.63, 3.8) is 0 Å². The lowest BCUT2D eigenvalue weighted by molar-refractivity contribution is -0.261.